The molecule has 0 saturated carbocycles. The fourth-order valence-corrected chi connectivity index (χ4v) is 2.77. The molecule has 0 aliphatic heterocycles. The molecule has 35 heavy (non-hydrogen) atoms. The zero-order chi connectivity index (χ0) is 26.6. The van der Waals surface area contributed by atoms with Gasteiger partial charge in [-0.25, -0.2) is 0 Å². The number of rotatable bonds is 22. The Labute approximate surface area is 203 Å². The summed E-state index contributed by atoms with van der Waals surface area (Å²) >= 11 is 0. The van der Waals surface area contributed by atoms with Crippen molar-refractivity contribution < 1.29 is 58.2 Å². The monoisotopic (exact) mass is 509 g/mol. The molecule has 0 heterocycles. The topological polar surface area (TPSA) is 193 Å². The molecule has 3 N–H and O–H groups in total. The number of carboxylic acid groups (broad SMARTS) is 3. The maximum absolute atomic E-state index is 11.9. The molecule has 0 radical (unpaired) electrons. The van der Waals surface area contributed by atoms with Gasteiger partial charge in [0.2, 0.25) is 0 Å². The van der Waals surface area contributed by atoms with Crippen LogP contribution in [0.1, 0.15) is 0 Å². The average molecular weight is 510 g/mol. The summed E-state index contributed by atoms with van der Waals surface area (Å²) in [6, 6.07) is 0. The van der Waals surface area contributed by atoms with Crippen LogP contribution < -0.4 is 0 Å². The molecule has 0 spiro atoms. The van der Waals surface area contributed by atoms with Gasteiger partial charge in [0.1, 0.15) is 13.2 Å². The van der Waals surface area contributed by atoms with Crippen molar-refractivity contribution in [3.63, 3.8) is 0 Å². The third-order valence-electron chi connectivity index (χ3n) is 4.35. The van der Waals surface area contributed by atoms with Crippen molar-refractivity contribution in [1.82, 2.24) is 14.7 Å². The second-order valence-electron chi connectivity index (χ2n) is 7.31. The molecule has 0 fully saturated rings. The van der Waals surface area contributed by atoms with Gasteiger partial charge in [-0.2, -0.15) is 0 Å². The molecule has 0 amide bonds. The Morgan fingerprint density at radius 2 is 0.829 bits per heavy atom. The molecular weight excluding hydrogens is 474 g/mol. The summed E-state index contributed by atoms with van der Waals surface area (Å²) < 4.78 is 19.4. The molecule has 0 aromatic carbocycles. The average Bonchev–Trinajstić information content (AvgIpc) is 2.74. The highest BCUT2D eigenvalue weighted by molar-refractivity contribution is 5.74. The number of aliphatic carboxylic acids is 3. The van der Waals surface area contributed by atoms with Gasteiger partial charge in [-0.05, 0) is 0 Å². The molecule has 15 nitrogen and oxygen atoms in total. The van der Waals surface area contributed by atoms with Gasteiger partial charge in [0.25, 0.3) is 0 Å². The van der Waals surface area contributed by atoms with E-state index in [1.54, 1.807) is 0 Å². The van der Waals surface area contributed by atoms with Crippen molar-refractivity contribution in [3.8, 4) is 0 Å². The van der Waals surface area contributed by atoms with Crippen LogP contribution in [0.5, 0.6) is 0 Å². The van der Waals surface area contributed by atoms with E-state index in [9.17, 15) is 29.1 Å². The summed E-state index contributed by atoms with van der Waals surface area (Å²) in [7, 11) is 2.87. The van der Waals surface area contributed by atoms with Crippen LogP contribution in [0, 0.1) is 0 Å². The van der Waals surface area contributed by atoms with Crippen molar-refractivity contribution in [2.24, 2.45) is 0 Å². The molecular formula is C20H35N3O12. The van der Waals surface area contributed by atoms with Crippen LogP contribution in [0.15, 0.2) is 0 Å². The van der Waals surface area contributed by atoms with Crippen LogP contribution in [0.25, 0.3) is 0 Å². The van der Waals surface area contributed by atoms with E-state index in [1.165, 1.54) is 28.9 Å². The van der Waals surface area contributed by atoms with E-state index in [1.807, 2.05) is 0 Å². The maximum Gasteiger partial charge on any atom is 0.320 e. The summed E-state index contributed by atoms with van der Waals surface area (Å²) in [5, 5.41) is 27.4. The summed E-state index contributed by atoms with van der Waals surface area (Å²) in [5.74, 6) is -4.84. The fourth-order valence-electron chi connectivity index (χ4n) is 2.77. The van der Waals surface area contributed by atoms with Gasteiger partial charge in [0, 0.05) is 40.4 Å². The Kier molecular flexibility index (Phi) is 17.9. The first-order chi connectivity index (χ1) is 16.6. The number of ether oxygens (including phenoxy) is 4. The number of carbonyl (C=O) groups is 5. The van der Waals surface area contributed by atoms with Gasteiger partial charge in [-0.3, -0.25) is 38.7 Å². The Morgan fingerprint density at radius 3 is 1.14 bits per heavy atom. The third-order valence-corrected chi connectivity index (χ3v) is 4.35. The minimum atomic E-state index is -1.18. The lowest BCUT2D eigenvalue weighted by atomic mass is 10.3. The van der Waals surface area contributed by atoms with Crippen LogP contribution in [0.3, 0.4) is 0 Å². The van der Waals surface area contributed by atoms with Crippen LogP contribution in [-0.2, 0) is 42.9 Å². The predicted molar refractivity (Wildman–Crippen MR) is 118 cm³/mol. The van der Waals surface area contributed by atoms with Crippen LogP contribution in [0.4, 0.5) is 0 Å². The highest BCUT2D eigenvalue weighted by atomic mass is 16.6. The maximum atomic E-state index is 11.9. The van der Waals surface area contributed by atoms with E-state index in [0.717, 1.165) is 0 Å². The Balaban J connectivity index is 5.00. The molecule has 15 heteroatoms. The number of methoxy groups -OCH3 is 2. The van der Waals surface area contributed by atoms with Crippen molar-refractivity contribution in [2.45, 2.75) is 0 Å². The first kappa shape index (κ1) is 32.1. The van der Waals surface area contributed by atoms with E-state index in [2.05, 4.69) is 0 Å². The second-order valence-corrected chi connectivity index (χ2v) is 7.31. The third kappa shape index (κ3) is 19.2. The summed E-state index contributed by atoms with van der Waals surface area (Å²) in [5.41, 5.74) is 0. The number of carboxylic acids is 3. The van der Waals surface area contributed by atoms with Gasteiger partial charge in [0.15, 0.2) is 0 Å². The molecule has 0 aliphatic carbocycles. The molecule has 0 aliphatic rings. The fraction of sp³-hybridized carbons (Fsp3) is 0.750. The first-order valence-corrected chi connectivity index (χ1v) is 10.7. The molecule has 0 aromatic heterocycles. The molecule has 0 bridgehead atoms. The van der Waals surface area contributed by atoms with Gasteiger partial charge in [-0.15, -0.1) is 0 Å². The van der Waals surface area contributed by atoms with Crippen LogP contribution in [0.2, 0.25) is 0 Å². The number of hydrogen-bond acceptors (Lipinski definition) is 12. The largest absolute Gasteiger partial charge is 0.480 e. The Morgan fingerprint density at radius 1 is 0.514 bits per heavy atom. The Bertz CT molecular complexity index is 628. The van der Waals surface area contributed by atoms with Gasteiger partial charge >= 0.3 is 29.8 Å². The van der Waals surface area contributed by atoms with E-state index in [0.29, 0.717) is 0 Å². The van der Waals surface area contributed by atoms with Crippen molar-refractivity contribution in [1.29, 1.82) is 0 Å². The van der Waals surface area contributed by atoms with Crippen molar-refractivity contribution in [3.05, 3.63) is 0 Å². The molecule has 0 aromatic rings. The Hall–Kier alpha value is -2.85. The minimum Gasteiger partial charge on any atom is -0.480 e. The van der Waals surface area contributed by atoms with E-state index >= 15 is 0 Å². The zero-order valence-electron chi connectivity index (χ0n) is 20.0. The summed E-state index contributed by atoms with van der Waals surface area (Å²) in [6.45, 7) is -1.46. The van der Waals surface area contributed by atoms with Gasteiger partial charge < -0.3 is 34.3 Å². The molecule has 0 atom stereocenters. The lowest BCUT2D eigenvalue weighted by molar-refractivity contribution is -0.149. The lowest BCUT2D eigenvalue weighted by Gasteiger charge is -2.27. The number of hydrogen-bond donors (Lipinski definition) is 3. The molecule has 0 saturated heterocycles. The lowest BCUT2D eigenvalue weighted by Crippen LogP contribution is -2.45. The van der Waals surface area contributed by atoms with E-state index in [-0.39, 0.29) is 65.7 Å². The van der Waals surface area contributed by atoms with Gasteiger partial charge in [0.05, 0.1) is 45.9 Å². The molecule has 202 valence electrons. The van der Waals surface area contributed by atoms with Crippen LogP contribution in [-0.4, -0.2) is 159 Å². The van der Waals surface area contributed by atoms with E-state index < -0.39 is 49.5 Å². The summed E-state index contributed by atoms with van der Waals surface area (Å²) in [6.07, 6.45) is 0. The van der Waals surface area contributed by atoms with E-state index in [4.69, 9.17) is 29.2 Å². The summed E-state index contributed by atoms with van der Waals surface area (Å²) in [4.78, 5) is 61.4. The number of esters is 2. The highest BCUT2D eigenvalue weighted by Crippen LogP contribution is 1.98. The zero-order valence-corrected chi connectivity index (χ0v) is 20.0. The first-order valence-electron chi connectivity index (χ1n) is 10.7. The predicted octanol–water partition coefficient (Wildman–Crippen LogP) is -2.47. The second kappa shape index (κ2) is 19.5. The normalized spacial score (nSPS) is 11.1. The van der Waals surface area contributed by atoms with Crippen molar-refractivity contribution >= 4 is 29.8 Å². The number of nitrogens with zero attached hydrogens (tertiary/aromatic N) is 3. The minimum absolute atomic E-state index is 0.00863. The quantitative estimate of drug-likeness (QED) is 0.103. The SMILES string of the molecule is COCCOC(=O)CN(CCN(CCN(CC(=O)O)CC(=O)OCCOC)CC(=O)O)CC(=O)O. The highest BCUT2D eigenvalue weighted by Gasteiger charge is 2.20. The molecule has 0 unspecified atom stereocenters. The standard InChI is InChI=1S/C20H35N3O12/c1-32-7-9-34-19(30)14-22(12-17(26)27)5-3-21(11-16(24)25)4-6-23(13-18(28)29)15-20(31)35-10-8-33-2/h3-15H2,1-2H3,(H,24,25)(H,26,27)(H,28,29). The van der Waals surface area contributed by atoms with Gasteiger partial charge in [-0.1, -0.05) is 0 Å². The smallest absolute Gasteiger partial charge is 0.320 e. The number of carbonyl (C=O) groups excluding carboxylic acids is 2. The van der Waals surface area contributed by atoms with Crippen LogP contribution >= 0.6 is 0 Å². The molecule has 0 rings (SSSR count). The van der Waals surface area contributed by atoms with Crippen molar-refractivity contribution in [2.75, 3.05) is 99.5 Å².